The van der Waals surface area contributed by atoms with Gasteiger partial charge in [-0.2, -0.15) is 5.10 Å². The summed E-state index contributed by atoms with van der Waals surface area (Å²) in [6.07, 6.45) is 4.30. The molecule has 9 heteroatoms. The number of rotatable bonds is 4. The molecule has 136 valence electrons. The maximum atomic E-state index is 12.3. The van der Waals surface area contributed by atoms with Crippen LogP contribution in [0.1, 0.15) is 28.2 Å². The lowest BCUT2D eigenvalue weighted by atomic mass is 10.2. The molecule has 0 radical (unpaired) electrons. The molecule has 0 saturated heterocycles. The lowest BCUT2D eigenvalue weighted by Gasteiger charge is -2.05. The van der Waals surface area contributed by atoms with Crippen LogP contribution in [0.2, 0.25) is 0 Å². The Morgan fingerprint density at radius 2 is 1.96 bits per heavy atom. The number of halogens is 1. The quantitative estimate of drug-likeness (QED) is 0.719. The molecule has 2 aromatic heterocycles. The SMILES string of the molecule is Cl.O=C(NCc1cc2n(n1)CCCNC2)c1ccc(-n2cnnc2)cc1. The van der Waals surface area contributed by atoms with Gasteiger partial charge in [-0.1, -0.05) is 0 Å². The predicted molar refractivity (Wildman–Crippen MR) is 98.3 cm³/mol. The highest BCUT2D eigenvalue weighted by molar-refractivity contribution is 5.94. The monoisotopic (exact) mass is 373 g/mol. The van der Waals surface area contributed by atoms with Gasteiger partial charge in [-0.25, -0.2) is 0 Å². The van der Waals surface area contributed by atoms with E-state index in [0.717, 1.165) is 37.4 Å². The number of fused-ring (bicyclic) bond motifs is 1. The van der Waals surface area contributed by atoms with E-state index in [4.69, 9.17) is 0 Å². The number of hydrogen-bond acceptors (Lipinski definition) is 5. The van der Waals surface area contributed by atoms with E-state index in [1.165, 1.54) is 5.69 Å². The molecule has 3 aromatic rings. The van der Waals surface area contributed by atoms with Crippen LogP contribution in [-0.2, 0) is 19.6 Å². The highest BCUT2D eigenvalue weighted by atomic mass is 35.5. The molecule has 0 fully saturated rings. The summed E-state index contributed by atoms with van der Waals surface area (Å²) in [5, 5.41) is 18.4. The van der Waals surface area contributed by atoms with E-state index in [1.807, 2.05) is 22.9 Å². The zero-order chi connectivity index (χ0) is 17.1. The van der Waals surface area contributed by atoms with Crippen molar-refractivity contribution in [3.63, 3.8) is 0 Å². The normalized spacial score (nSPS) is 13.4. The van der Waals surface area contributed by atoms with Crippen LogP contribution in [0.4, 0.5) is 0 Å². The second-order valence-corrected chi connectivity index (χ2v) is 5.98. The van der Waals surface area contributed by atoms with E-state index in [0.29, 0.717) is 12.1 Å². The van der Waals surface area contributed by atoms with Gasteiger partial charge >= 0.3 is 0 Å². The minimum Gasteiger partial charge on any atom is -0.346 e. The number of benzene rings is 1. The third kappa shape index (κ3) is 3.92. The van der Waals surface area contributed by atoms with Crippen LogP contribution < -0.4 is 10.6 Å². The summed E-state index contributed by atoms with van der Waals surface area (Å²) >= 11 is 0. The molecule has 8 nitrogen and oxygen atoms in total. The van der Waals surface area contributed by atoms with Crippen LogP contribution in [-0.4, -0.2) is 37.0 Å². The molecule has 4 rings (SSSR count). The number of carbonyl (C=O) groups excluding carboxylic acids is 1. The fourth-order valence-corrected chi connectivity index (χ4v) is 2.90. The summed E-state index contributed by atoms with van der Waals surface area (Å²) in [4.78, 5) is 12.3. The van der Waals surface area contributed by atoms with Crippen LogP contribution >= 0.6 is 12.4 Å². The third-order valence-electron chi connectivity index (χ3n) is 4.22. The molecule has 0 bridgehead atoms. The van der Waals surface area contributed by atoms with E-state index in [-0.39, 0.29) is 18.3 Å². The Kier molecular flexibility index (Phi) is 5.65. The van der Waals surface area contributed by atoms with E-state index >= 15 is 0 Å². The van der Waals surface area contributed by atoms with Gasteiger partial charge in [-0.15, -0.1) is 22.6 Å². The first kappa shape index (κ1) is 18.1. The zero-order valence-electron chi connectivity index (χ0n) is 14.1. The van der Waals surface area contributed by atoms with E-state index < -0.39 is 0 Å². The third-order valence-corrected chi connectivity index (χ3v) is 4.22. The summed E-state index contributed by atoms with van der Waals surface area (Å²) in [6.45, 7) is 3.18. The number of nitrogens with zero attached hydrogens (tertiary/aromatic N) is 5. The van der Waals surface area contributed by atoms with Crippen LogP contribution in [0.5, 0.6) is 0 Å². The highest BCUT2D eigenvalue weighted by Gasteiger charge is 2.12. The summed E-state index contributed by atoms with van der Waals surface area (Å²) in [5.41, 5.74) is 3.57. The van der Waals surface area contributed by atoms with Gasteiger partial charge in [0, 0.05) is 24.3 Å². The topological polar surface area (TPSA) is 89.7 Å². The Hall–Kier alpha value is -2.71. The van der Waals surface area contributed by atoms with Gasteiger partial charge < -0.3 is 10.6 Å². The van der Waals surface area contributed by atoms with E-state index in [1.54, 1.807) is 29.4 Å². The van der Waals surface area contributed by atoms with Crippen molar-refractivity contribution < 1.29 is 4.79 Å². The Bertz CT molecular complexity index is 834. The molecule has 0 aliphatic carbocycles. The second kappa shape index (κ2) is 8.11. The maximum absolute atomic E-state index is 12.3. The summed E-state index contributed by atoms with van der Waals surface area (Å²) in [6, 6.07) is 9.35. The molecule has 1 aliphatic rings. The standard InChI is InChI=1S/C17H19N7O.ClH/c25-17(13-2-4-15(5-3-13)23-11-20-21-12-23)19-9-14-8-16-10-18-6-1-7-24(16)22-14;/h2-5,8,11-12,18H,1,6-7,9-10H2,(H,19,25);1H. The van der Waals surface area contributed by atoms with Crippen molar-refractivity contribution >= 4 is 18.3 Å². The van der Waals surface area contributed by atoms with Gasteiger partial charge in [0.1, 0.15) is 12.7 Å². The minimum atomic E-state index is -0.114. The molecule has 1 aliphatic heterocycles. The summed E-state index contributed by atoms with van der Waals surface area (Å²) in [5.74, 6) is -0.114. The fourth-order valence-electron chi connectivity index (χ4n) is 2.90. The summed E-state index contributed by atoms with van der Waals surface area (Å²) < 4.78 is 3.81. The first-order valence-electron chi connectivity index (χ1n) is 8.29. The Morgan fingerprint density at radius 3 is 2.73 bits per heavy atom. The lowest BCUT2D eigenvalue weighted by molar-refractivity contribution is 0.0950. The van der Waals surface area contributed by atoms with Crippen LogP contribution in [0.15, 0.2) is 43.0 Å². The van der Waals surface area contributed by atoms with Gasteiger partial charge in [-0.05, 0) is 43.3 Å². The van der Waals surface area contributed by atoms with Crippen molar-refractivity contribution in [1.82, 2.24) is 35.2 Å². The van der Waals surface area contributed by atoms with Gasteiger partial charge in [-0.3, -0.25) is 14.0 Å². The van der Waals surface area contributed by atoms with Gasteiger partial charge in [0.05, 0.1) is 17.9 Å². The van der Waals surface area contributed by atoms with Crippen LogP contribution in [0.25, 0.3) is 5.69 Å². The van der Waals surface area contributed by atoms with Crippen molar-refractivity contribution in [2.75, 3.05) is 6.54 Å². The molecular formula is C17H20ClN7O. The molecular weight excluding hydrogens is 354 g/mol. The van der Waals surface area contributed by atoms with Crippen molar-refractivity contribution in [2.24, 2.45) is 0 Å². The van der Waals surface area contributed by atoms with Gasteiger partial charge in [0.15, 0.2) is 0 Å². The molecule has 26 heavy (non-hydrogen) atoms. The first-order valence-corrected chi connectivity index (χ1v) is 8.29. The van der Waals surface area contributed by atoms with Crippen molar-refractivity contribution in [3.8, 4) is 5.69 Å². The number of hydrogen-bond donors (Lipinski definition) is 2. The Balaban J connectivity index is 0.00000196. The molecule has 3 heterocycles. The van der Waals surface area contributed by atoms with Crippen molar-refractivity contribution in [1.29, 1.82) is 0 Å². The van der Waals surface area contributed by atoms with E-state index in [2.05, 4.69) is 25.9 Å². The molecule has 0 saturated carbocycles. The fraction of sp³-hybridized carbons (Fsp3) is 0.294. The molecule has 2 N–H and O–H groups in total. The zero-order valence-corrected chi connectivity index (χ0v) is 14.9. The van der Waals surface area contributed by atoms with Gasteiger partial charge in [0.2, 0.25) is 0 Å². The second-order valence-electron chi connectivity index (χ2n) is 5.98. The number of amides is 1. The van der Waals surface area contributed by atoms with Crippen molar-refractivity contribution in [3.05, 3.63) is 59.9 Å². The minimum absolute atomic E-state index is 0. The van der Waals surface area contributed by atoms with Crippen LogP contribution in [0, 0.1) is 0 Å². The largest absolute Gasteiger partial charge is 0.346 e. The molecule has 1 aromatic carbocycles. The van der Waals surface area contributed by atoms with E-state index in [9.17, 15) is 4.79 Å². The molecule has 0 spiro atoms. The smallest absolute Gasteiger partial charge is 0.251 e. The number of carbonyl (C=O) groups is 1. The number of nitrogens with one attached hydrogen (secondary N) is 2. The number of aromatic nitrogens is 5. The molecule has 0 atom stereocenters. The first-order chi connectivity index (χ1) is 12.3. The summed E-state index contributed by atoms with van der Waals surface area (Å²) in [7, 11) is 0. The Morgan fingerprint density at radius 1 is 1.19 bits per heavy atom. The maximum Gasteiger partial charge on any atom is 0.251 e. The van der Waals surface area contributed by atoms with Crippen molar-refractivity contribution in [2.45, 2.75) is 26.1 Å². The van der Waals surface area contributed by atoms with Gasteiger partial charge in [0.25, 0.3) is 5.91 Å². The Labute approximate surface area is 157 Å². The molecule has 1 amide bonds. The van der Waals surface area contributed by atoms with Crippen LogP contribution in [0.3, 0.4) is 0 Å². The predicted octanol–water partition coefficient (Wildman–Crippen LogP) is 1.31. The highest BCUT2D eigenvalue weighted by Crippen LogP contribution is 2.10. The molecule has 0 unspecified atom stereocenters. The average molecular weight is 374 g/mol. The lowest BCUT2D eigenvalue weighted by Crippen LogP contribution is -2.23. The average Bonchev–Trinajstić information content (AvgIpc) is 3.26. The number of aryl methyl sites for hydroxylation is 1.